The highest BCUT2D eigenvalue weighted by Crippen LogP contribution is 2.04. The molecule has 2 aromatic rings. The first-order chi connectivity index (χ1) is 8.63. The molecule has 0 heterocycles. The molecule has 2 atom stereocenters. The highest BCUT2D eigenvalue weighted by Gasteiger charge is 2.00. The van der Waals surface area contributed by atoms with Crippen molar-refractivity contribution in [3.8, 4) is 0 Å². The maximum Gasteiger partial charge on any atom is -0.00635 e. The lowest BCUT2D eigenvalue weighted by Gasteiger charge is -1.96. The van der Waals surface area contributed by atoms with Crippen molar-refractivity contribution >= 4 is 26.7 Å². The minimum Gasteiger partial charge on any atom is -0.106 e. The molecular weight excluding hydrogens is 235 g/mol. The van der Waals surface area contributed by atoms with Crippen LogP contribution in [0.5, 0.6) is 0 Å². The van der Waals surface area contributed by atoms with Gasteiger partial charge in [-0.15, -0.1) is 9.24 Å². The van der Waals surface area contributed by atoms with Crippen LogP contribution in [0.2, 0.25) is 0 Å². The van der Waals surface area contributed by atoms with Crippen LogP contribution < -0.4 is 15.7 Å². The van der Waals surface area contributed by atoms with Gasteiger partial charge in [0.1, 0.15) is 0 Å². The average Bonchev–Trinajstić information content (AvgIpc) is 2.42. The predicted molar refractivity (Wildman–Crippen MR) is 82.0 cm³/mol. The summed E-state index contributed by atoms with van der Waals surface area (Å²) in [6, 6.07) is 13.4. The lowest BCUT2D eigenvalue weighted by atomic mass is 10.1. The van der Waals surface area contributed by atoms with E-state index in [0.717, 1.165) is 0 Å². The third-order valence-corrected chi connectivity index (χ3v) is 3.82. The number of benzene rings is 2. The van der Waals surface area contributed by atoms with Crippen molar-refractivity contribution in [2.45, 2.75) is 13.8 Å². The molecule has 0 aromatic heterocycles. The van der Waals surface area contributed by atoms with Gasteiger partial charge in [-0.05, 0) is 45.1 Å². The zero-order valence-corrected chi connectivity index (χ0v) is 11.9. The van der Waals surface area contributed by atoms with Gasteiger partial charge >= 0.3 is 0 Å². The molecule has 0 N–H and O–H groups in total. The van der Waals surface area contributed by atoms with Crippen LogP contribution in [0.3, 0.4) is 0 Å². The van der Waals surface area contributed by atoms with Gasteiger partial charge < -0.3 is 0 Å². The zero-order valence-electron chi connectivity index (χ0n) is 10.8. The molecule has 0 fully saturated rings. The Morgan fingerprint density at radius 2 is 1.50 bits per heavy atom. The molecule has 90 valence electrons. The monoisotopic (exact) mass is 252 g/mol. The van der Waals surface area contributed by atoms with E-state index in [-0.39, 0.29) is 0 Å². The topological polar surface area (TPSA) is 0 Å². The first-order valence-electron chi connectivity index (χ1n) is 6.34. The highest BCUT2D eigenvalue weighted by molar-refractivity contribution is 7.27. The fraction of sp³-hybridized carbons (Fsp3) is 0.176. The molecule has 0 bridgehead atoms. The molecule has 0 amide bonds. The highest BCUT2D eigenvalue weighted by atomic mass is 31.0. The standard InChI is InChI=1S/C17H17P/c1-11-3-5-16-13(7-11)8-12(2)9-14-10-15(18)4-6-17(14)16/h3-10,12H,18H2,1-2H3. The Labute approximate surface area is 110 Å². The number of fused-ring (bicyclic) bond motifs is 2. The average molecular weight is 252 g/mol. The summed E-state index contributed by atoms with van der Waals surface area (Å²) in [4.78, 5) is 0. The Balaban J connectivity index is 2.63. The Morgan fingerprint density at radius 1 is 0.889 bits per heavy atom. The summed E-state index contributed by atoms with van der Waals surface area (Å²) >= 11 is 0. The van der Waals surface area contributed by atoms with E-state index in [1.807, 2.05) is 0 Å². The van der Waals surface area contributed by atoms with E-state index in [1.54, 1.807) is 0 Å². The van der Waals surface area contributed by atoms with Gasteiger partial charge in [-0.25, -0.2) is 0 Å². The Kier molecular flexibility index (Phi) is 2.84. The van der Waals surface area contributed by atoms with Crippen molar-refractivity contribution < 1.29 is 0 Å². The summed E-state index contributed by atoms with van der Waals surface area (Å²) in [5.74, 6) is 0.471. The third-order valence-electron chi connectivity index (χ3n) is 3.46. The maximum absolute atomic E-state index is 2.78. The largest absolute Gasteiger partial charge is 0.106 e. The van der Waals surface area contributed by atoms with Gasteiger partial charge in [0.2, 0.25) is 0 Å². The van der Waals surface area contributed by atoms with E-state index in [2.05, 4.69) is 71.6 Å². The summed E-state index contributed by atoms with van der Waals surface area (Å²) in [7, 11) is 2.78. The predicted octanol–water partition coefficient (Wildman–Crippen LogP) is 1.99. The molecular formula is C17H17P. The van der Waals surface area contributed by atoms with Gasteiger partial charge in [0.05, 0.1) is 0 Å². The van der Waals surface area contributed by atoms with Crippen molar-refractivity contribution in [3.05, 3.63) is 62.8 Å². The van der Waals surface area contributed by atoms with Gasteiger partial charge in [0.15, 0.2) is 0 Å². The molecule has 1 aliphatic rings. The van der Waals surface area contributed by atoms with E-state index in [0.29, 0.717) is 5.92 Å². The van der Waals surface area contributed by atoms with Crippen molar-refractivity contribution in [2.75, 3.05) is 0 Å². The Morgan fingerprint density at radius 3 is 2.22 bits per heavy atom. The van der Waals surface area contributed by atoms with Crippen LogP contribution in [-0.2, 0) is 0 Å². The first-order valence-corrected chi connectivity index (χ1v) is 6.91. The molecule has 2 aromatic carbocycles. The van der Waals surface area contributed by atoms with Gasteiger partial charge in [-0.3, -0.25) is 0 Å². The molecule has 0 saturated carbocycles. The summed E-state index contributed by atoms with van der Waals surface area (Å²) in [5.41, 5.74) is 1.32. The lowest BCUT2D eigenvalue weighted by molar-refractivity contribution is 1.06. The lowest BCUT2D eigenvalue weighted by Crippen LogP contribution is -2.11. The van der Waals surface area contributed by atoms with E-state index < -0.39 is 0 Å². The van der Waals surface area contributed by atoms with Crippen molar-refractivity contribution in [2.24, 2.45) is 5.92 Å². The fourth-order valence-electron chi connectivity index (χ4n) is 2.64. The van der Waals surface area contributed by atoms with Crippen molar-refractivity contribution in [3.63, 3.8) is 0 Å². The van der Waals surface area contributed by atoms with Crippen LogP contribution in [0.25, 0.3) is 12.2 Å². The minimum absolute atomic E-state index is 0.471. The van der Waals surface area contributed by atoms with Gasteiger partial charge in [-0.2, -0.15) is 0 Å². The maximum atomic E-state index is 2.78. The minimum atomic E-state index is 0.471. The normalized spacial score (nSPS) is 16.9. The summed E-state index contributed by atoms with van der Waals surface area (Å²) < 4.78 is 0. The van der Waals surface area contributed by atoms with Gasteiger partial charge in [0, 0.05) is 0 Å². The smallest absolute Gasteiger partial charge is 0.00635 e. The second-order valence-corrected chi connectivity index (χ2v) is 5.80. The third kappa shape index (κ3) is 2.02. The molecule has 2 unspecified atom stereocenters. The second kappa shape index (κ2) is 4.37. The molecule has 3 rings (SSSR count). The fourth-order valence-corrected chi connectivity index (χ4v) is 2.92. The molecule has 0 radical (unpaired) electrons. The van der Waals surface area contributed by atoms with Crippen molar-refractivity contribution in [1.29, 1.82) is 0 Å². The second-order valence-electron chi connectivity index (χ2n) is 5.13. The van der Waals surface area contributed by atoms with Crippen LogP contribution >= 0.6 is 9.24 Å². The molecule has 18 heavy (non-hydrogen) atoms. The van der Waals surface area contributed by atoms with E-state index in [1.165, 1.54) is 31.7 Å². The summed E-state index contributed by atoms with van der Waals surface area (Å²) in [6.45, 7) is 4.40. The zero-order chi connectivity index (χ0) is 12.7. The van der Waals surface area contributed by atoms with Crippen molar-refractivity contribution in [1.82, 2.24) is 0 Å². The number of hydrogen-bond donors (Lipinski definition) is 0. The van der Waals surface area contributed by atoms with Gasteiger partial charge in [-0.1, -0.05) is 55.0 Å². The molecule has 0 spiro atoms. The van der Waals surface area contributed by atoms with Gasteiger partial charge in [0.25, 0.3) is 0 Å². The molecule has 0 saturated heterocycles. The Hall–Kier alpha value is -1.39. The van der Waals surface area contributed by atoms with E-state index in [9.17, 15) is 0 Å². The summed E-state index contributed by atoms with van der Waals surface area (Å²) in [6.07, 6.45) is 4.70. The van der Waals surface area contributed by atoms with Crippen LogP contribution in [0.1, 0.15) is 12.5 Å². The van der Waals surface area contributed by atoms with E-state index in [4.69, 9.17) is 0 Å². The molecule has 1 aliphatic carbocycles. The van der Waals surface area contributed by atoms with Crippen LogP contribution in [-0.4, -0.2) is 0 Å². The summed E-state index contributed by atoms with van der Waals surface area (Å²) in [5, 5.41) is 6.63. The van der Waals surface area contributed by atoms with E-state index >= 15 is 0 Å². The molecule has 0 aliphatic heterocycles. The Bertz CT molecular complexity index is 746. The quantitative estimate of drug-likeness (QED) is 0.629. The SMILES string of the molecule is Cc1ccc2c(c1)=CC(C)C=c1cc(P)ccc1=2. The van der Waals surface area contributed by atoms with Crippen LogP contribution in [0.4, 0.5) is 0 Å². The number of aryl methyl sites for hydroxylation is 1. The first kappa shape index (κ1) is 11.7. The number of rotatable bonds is 0. The number of hydrogen-bond acceptors (Lipinski definition) is 0. The van der Waals surface area contributed by atoms with Crippen LogP contribution in [0.15, 0.2) is 36.4 Å². The van der Waals surface area contributed by atoms with Crippen LogP contribution in [0, 0.1) is 23.3 Å². The molecule has 1 heteroatoms. The molecule has 0 nitrogen and oxygen atoms in total.